The van der Waals surface area contributed by atoms with E-state index in [-0.39, 0.29) is 30.3 Å². The lowest BCUT2D eigenvalue weighted by Gasteiger charge is -2.29. The number of carbonyl (C=O) groups is 2. The van der Waals surface area contributed by atoms with Crippen molar-refractivity contribution < 1.29 is 14.7 Å². The van der Waals surface area contributed by atoms with Crippen molar-refractivity contribution in [1.29, 1.82) is 0 Å². The molecule has 1 rings (SSSR count). The maximum absolute atomic E-state index is 12.5. The predicted octanol–water partition coefficient (Wildman–Crippen LogP) is 1.46. The van der Waals surface area contributed by atoms with Gasteiger partial charge in [-0.2, -0.15) is 0 Å². The van der Waals surface area contributed by atoms with Gasteiger partial charge in [0.25, 0.3) is 0 Å². The smallest absolute Gasteiger partial charge is 0.323 e. The first kappa shape index (κ1) is 16.0. The van der Waals surface area contributed by atoms with Crippen LogP contribution in [0, 0.1) is 11.8 Å². The Kier molecular flexibility index (Phi) is 6.28. The molecule has 1 aliphatic carbocycles. The van der Waals surface area contributed by atoms with E-state index in [2.05, 4.69) is 0 Å². The summed E-state index contributed by atoms with van der Waals surface area (Å²) in [5.41, 5.74) is 6.08. The van der Waals surface area contributed by atoms with Crippen LogP contribution in [-0.2, 0) is 9.59 Å². The average Bonchev–Trinajstić information content (AvgIpc) is 2.51. The number of aliphatic carboxylic acids is 1. The monoisotopic (exact) mass is 270 g/mol. The van der Waals surface area contributed by atoms with Gasteiger partial charge >= 0.3 is 5.97 Å². The molecule has 19 heavy (non-hydrogen) atoms. The second-order valence-corrected chi connectivity index (χ2v) is 5.91. The number of nitrogens with two attached hydrogens (primary N) is 1. The predicted molar refractivity (Wildman–Crippen MR) is 73.6 cm³/mol. The van der Waals surface area contributed by atoms with Gasteiger partial charge in [-0.15, -0.1) is 0 Å². The van der Waals surface area contributed by atoms with Gasteiger partial charge in [-0.25, -0.2) is 0 Å². The Morgan fingerprint density at radius 1 is 1.26 bits per heavy atom. The van der Waals surface area contributed by atoms with Crippen molar-refractivity contribution in [3.8, 4) is 0 Å². The van der Waals surface area contributed by atoms with Crippen LogP contribution in [-0.4, -0.2) is 41.0 Å². The number of hydrogen-bond acceptors (Lipinski definition) is 3. The summed E-state index contributed by atoms with van der Waals surface area (Å²) in [6, 6.07) is -0.126. The number of amides is 1. The van der Waals surface area contributed by atoms with Crippen LogP contribution >= 0.6 is 0 Å². The highest BCUT2D eigenvalue weighted by Crippen LogP contribution is 2.24. The Hall–Kier alpha value is -1.10. The number of carboxylic acid groups (broad SMARTS) is 1. The van der Waals surface area contributed by atoms with Crippen molar-refractivity contribution in [2.45, 2.75) is 52.0 Å². The van der Waals surface area contributed by atoms with Crippen molar-refractivity contribution in [3.05, 3.63) is 0 Å². The lowest BCUT2D eigenvalue weighted by molar-refractivity contribution is -0.147. The summed E-state index contributed by atoms with van der Waals surface area (Å²) in [4.78, 5) is 24.9. The molecule has 2 atom stereocenters. The SMILES string of the molecule is CC(C)CN(CC(=O)O)C(=O)C1CCCCCC1N. The minimum atomic E-state index is -0.962. The van der Waals surface area contributed by atoms with Crippen LogP contribution in [0.4, 0.5) is 0 Å². The van der Waals surface area contributed by atoms with Crippen LogP contribution in [0.5, 0.6) is 0 Å². The van der Waals surface area contributed by atoms with E-state index in [1.165, 1.54) is 4.90 Å². The molecule has 0 aromatic heterocycles. The van der Waals surface area contributed by atoms with Crippen LogP contribution in [0.1, 0.15) is 46.0 Å². The summed E-state index contributed by atoms with van der Waals surface area (Å²) in [6.45, 7) is 4.22. The van der Waals surface area contributed by atoms with Gasteiger partial charge in [0.2, 0.25) is 5.91 Å². The van der Waals surface area contributed by atoms with Crippen molar-refractivity contribution in [2.75, 3.05) is 13.1 Å². The van der Waals surface area contributed by atoms with Crippen LogP contribution in [0.2, 0.25) is 0 Å². The zero-order chi connectivity index (χ0) is 14.4. The molecule has 1 aliphatic rings. The highest BCUT2D eigenvalue weighted by atomic mass is 16.4. The molecule has 2 unspecified atom stereocenters. The van der Waals surface area contributed by atoms with Gasteiger partial charge in [0.1, 0.15) is 6.54 Å². The van der Waals surface area contributed by atoms with Crippen LogP contribution in [0.25, 0.3) is 0 Å². The molecular weight excluding hydrogens is 244 g/mol. The third-order valence-corrected chi connectivity index (χ3v) is 3.61. The summed E-state index contributed by atoms with van der Waals surface area (Å²) < 4.78 is 0. The molecule has 5 heteroatoms. The average molecular weight is 270 g/mol. The fourth-order valence-electron chi connectivity index (χ4n) is 2.71. The number of carbonyl (C=O) groups excluding carboxylic acids is 1. The van der Waals surface area contributed by atoms with E-state index in [4.69, 9.17) is 10.8 Å². The third-order valence-electron chi connectivity index (χ3n) is 3.61. The molecule has 0 aromatic carbocycles. The summed E-state index contributed by atoms with van der Waals surface area (Å²) in [5.74, 6) is -0.993. The van der Waals surface area contributed by atoms with Crippen LogP contribution in [0.15, 0.2) is 0 Å². The minimum Gasteiger partial charge on any atom is -0.480 e. The zero-order valence-corrected chi connectivity index (χ0v) is 12.0. The molecule has 1 fully saturated rings. The molecule has 1 saturated carbocycles. The lowest BCUT2D eigenvalue weighted by atomic mass is 9.93. The van der Waals surface area contributed by atoms with E-state index < -0.39 is 5.97 Å². The first-order valence-corrected chi connectivity index (χ1v) is 7.18. The molecule has 0 aromatic rings. The highest BCUT2D eigenvalue weighted by molar-refractivity contribution is 5.83. The largest absolute Gasteiger partial charge is 0.480 e. The number of rotatable bonds is 5. The van der Waals surface area contributed by atoms with E-state index >= 15 is 0 Å². The second kappa shape index (κ2) is 7.48. The molecule has 0 bridgehead atoms. The number of nitrogens with zero attached hydrogens (tertiary/aromatic N) is 1. The maximum atomic E-state index is 12.5. The minimum absolute atomic E-state index is 0.0782. The molecule has 3 N–H and O–H groups in total. The quantitative estimate of drug-likeness (QED) is 0.741. The molecule has 0 spiro atoms. The molecule has 0 heterocycles. The van der Waals surface area contributed by atoms with Crippen molar-refractivity contribution in [1.82, 2.24) is 4.90 Å². The first-order valence-electron chi connectivity index (χ1n) is 7.18. The first-order chi connectivity index (χ1) is 8.91. The Bertz CT molecular complexity index is 318. The van der Waals surface area contributed by atoms with E-state index in [0.29, 0.717) is 6.54 Å². The summed E-state index contributed by atoms with van der Waals surface area (Å²) >= 11 is 0. The summed E-state index contributed by atoms with van der Waals surface area (Å²) in [6.07, 6.45) is 4.83. The van der Waals surface area contributed by atoms with E-state index in [1.807, 2.05) is 13.8 Å². The number of carboxylic acids is 1. The summed E-state index contributed by atoms with van der Waals surface area (Å²) in [5, 5.41) is 8.94. The fraction of sp³-hybridized carbons (Fsp3) is 0.857. The van der Waals surface area contributed by atoms with E-state index in [9.17, 15) is 9.59 Å². The standard InChI is InChI=1S/C14H26N2O3/c1-10(2)8-16(9-13(17)18)14(19)11-6-4-3-5-7-12(11)15/h10-12H,3-9,15H2,1-2H3,(H,17,18). The van der Waals surface area contributed by atoms with Crippen molar-refractivity contribution in [2.24, 2.45) is 17.6 Å². The maximum Gasteiger partial charge on any atom is 0.323 e. The Morgan fingerprint density at radius 3 is 2.47 bits per heavy atom. The topological polar surface area (TPSA) is 83.6 Å². The highest BCUT2D eigenvalue weighted by Gasteiger charge is 2.31. The van der Waals surface area contributed by atoms with Gasteiger partial charge in [-0.05, 0) is 18.8 Å². The zero-order valence-electron chi connectivity index (χ0n) is 12.0. The second-order valence-electron chi connectivity index (χ2n) is 5.91. The third kappa shape index (κ3) is 5.19. The van der Waals surface area contributed by atoms with Crippen LogP contribution in [0.3, 0.4) is 0 Å². The number of hydrogen-bond donors (Lipinski definition) is 2. The van der Waals surface area contributed by atoms with Gasteiger partial charge in [0.15, 0.2) is 0 Å². The fourth-order valence-corrected chi connectivity index (χ4v) is 2.71. The normalized spacial score (nSPS) is 24.0. The molecule has 0 radical (unpaired) electrons. The van der Waals surface area contributed by atoms with E-state index in [0.717, 1.165) is 32.1 Å². The molecule has 0 aliphatic heterocycles. The van der Waals surface area contributed by atoms with Crippen LogP contribution < -0.4 is 5.73 Å². The Labute approximate surface area is 115 Å². The lowest BCUT2D eigenvalue weighted by Crippen LogP contribution is -2.46. The van der Waals surface area contributed by atoms with Gasteiger partial charge in [-0.1, -0.05) is 33.1 Å². The molecule has 1 amide bonds. The molecule has 110 valence electrons. The Balaban J connectivity index is 2.74. The van der Waals surface area contributed by atoms with Gasteiger partial charge in [0.05, 0.1) is 5.92 Å². The summed E-state index contributed by atoms with van der Waals surface area (Å²) in [7, 11) is 0. The van der Waals surface area contributed by atoms with Gasteiger partial charge < -0.3 is 15.7 Å². The van der Waals surface area contributed by atoms with Crippen molar-refractivity contribution in [3.63, 3.8) is 0 Å². The molecular formula is C14H26N2O3. The molecule has 5 nitrogen and oxygen atoms in total. The van der Waals surface area contributed by atoms with Gasteiger partial charge in [-0.3, -0.25) is 9.59 Å². The van der Waals surface area contributed by atoms with Crippen molar-refractivity contribution >= 4 is 11.9 Å². The Morgan fingerprint density at radius 2 is 1.89 bits per heavy atom. The molecule has 0 saturated heterocycles. The van der Waals surface area contributed by atoms with E-state index in [1.54, 1.807) is 0 Å². The van der Waals surface area contributed by atoms with Gasteiger partial charge in [0, 0.05) is 12.6 Å².